The van der Waals surface area contributed by atoms with Crippen molar-refractivity contribution in [3.63, 3.8) is 0 Å². The van der Waals surface area contributed by atoms with Gasteiger partial charge in [0.25, 0.3) is 0 Å². The zero-order chi connectivity index (χ0) is 17.3. The third-order valence-corrected chi connectivity index (χ3v) is 4.76. The second-order valence-corrected chi connectivity index (χ2v) is 7.56. The minimum absolute atomic E-state index is 0.0274. The molecule has 0 radical (unpaired) electrons. The molecule has 1 unspecified atom stereocenters. The first kappa shape index (κ1) is 17.2. The molecule has 5 heteroatoms. The van der Waals surface area contributed by atoms with Gasteiger partial charge in [0, 0.05) is 35.6 Å². The third kappa shape index (κ3) is 3.57. The van der Waals surface area contributed by atoms with E-state index in [1.165, 1.54) is 0 Å². The smallest absolute Gasteiger partial charge is 0.137 e. The van der Waals surface area contributed by atoms with Crippen LogP contribution in [0.5, 0.6) is 11.5 Å². The fourth-order valence-electron chi connectivity index (χ4n) is 3.05. The number of ether oxygens (including phenoxy) is 2. The number of hydrogen-bond donors (Lipinski definition) is 1. The van der Waals surface area contributed by atoms with Crippen LogP contribution in [0.4, 0.5) is 0 Å². The van der Waals surface area contributed by atoms with Crippen LogP contribution in [0.15, 0.2) is 35.1 Å². The largest absolute Gasteiger partial charge is 0.491 e. The molecule has 0 saturated heterocycles. The lowest BCUT2D eigenvalue weighted by Gasteiger charge is -2.27. The van der Waals surface area contributed by atoms with E-state index in [2.05, 4.69) is 34.8 Å². The van der Waals surface area contributed by atoms with Gasteiger partial charge in [0.1, 0.15) is 24.2 Å². The van der Waals surface area contributed by atoms with Gasteiger partial charge >= 0.3 is 0 Å². The van der Waals surface area contributed by atoms with Gasteiger partial charge in [-0.2, -0.15) is 0 Å². The summed E-state index contributed by atoms with van der Waals surface area (Å²) in [5.41, 5.74) is 9.43. The van der Waals surface area contributed by atoms with E-state index in [1.54, 1.807) is 0 Å². The highest BCUT2D eigenvalue weighted by Crippen LogP contribution is 2.45. The molecule has 1 aliphatic heterocycles. The molecule has 1 aliphatic rings. The second-order valence-electron chi connectivity index (χ2n) is 6.70. The van der Waals surface area contributed by atoms with Gasteiger partial charge in [0.05, 0.1) is 4.47 Å². The monoisotopic (exact) mass is 390 g/mol. The highest BCUT2D eigenvalue weighted by atomic mass is 79.9. The fraction of sp³-hybridized carbons (Fsp3) is 0.421. The number of fused-ring (bicyclic) bond motifs is 3. The maximum absolute atomic E-state index is 6.12. The molecule has 2 heterocycles. The molecule has 3 rings (SSSR count). The van der Waals surface area contributed by atoms with Gasteiger partial charge < -0.3 is 15.2 Å². The van der Waals surface area contributed by atoms with E-state index in [-0.39, 0.29) is 12.1 Å². The maximum Gasteiger partial charge on any atom is 0.137 e. The van der Waals surface area contributed by atoms with Crippen molar-refractivity contribution >= 4 is 15.9 Å². The highest BCUT2D eigenvalue weighted by Gasteiger charge is 2.24. The Morgan fingerprint density at radius 2 is 2.12 bits per heavy atom. The summed E-state index contributed by atoms with van der Waals surface area (Å²) in [5.74, 6) is 2.15. The molecule has 0 aliphatic carbocycles. The zero-order valence-corrected chi connectivity index (χ0v) is 15.8. The van der Waals surface area contributed by atoms with Gasteiger partial charge in [-0.15, -0.1) is 0 Å². The van der Waals surface area contributed by atoms with Crippen molar-refractivity contribution in [2.45, 2.75) is 39.3 Å². The Labute approximate surface area is 151 Å². The number of nitrogens with two attached hydrogens (primary N) is 1. The third-order valence-electron chi connectivity index (χ3n) is 4.14. The Balaban J connectivity index is 1.85. The number of rotatable bonds is 5. The summed E-state index contributed by atoms with van der Waals surface area (Å²) in [4.78, 5) is 4.20. The van der Waals surface area contributed by atoms with E-state index in [9.17, 15) is 0 Å². The van der Waals surface area contributed by atoms with Crippen LogP contribution in [-0.4, -0.2) is 17.6 Å². The summed E-state index contributed by atoms with van der Waals surface area (Å²) in [6, 6.07) is 6.04. The van der Waals surface area contributed by atoms with Crippen LogP contribution in [0.25, 0.3) is 11.1 Å². The van der Waals surface area contributed by atoms with E-state index in [0.29, 0.717) is 12.5 Å². The summed E-state index contributed by atoms with van der Waals surface area (Å²) in [5, 5.41) is 0. The van der Waals surface area contributed by atoms with E-state index in [0.717, 1.165) is 39.1 Å². The van der Waals surface area contributed by atoms with E-state index >= 15 is 0 Å². The second kappa shape index (κ2) is 7.11. The molecule has 0 fully saturated rings. The number of hydrogen-bond acceptors (Lipinski definition) is 4. The Hall–Kier alpha value is -1.59. The molecule has 2 N–H and O–H groups in total. The molecule has 2 aromatic rings. The highest BCUT2D eigenvalue weighted by molar-refractivity contribution is 9.10. The topological polar surface area (TPSA) is 57.4 Å². The molecule has 1 aromatic heterocycles. The van der Waals surface area contributed by atoms with Crippen LogP contribution in [-0.2, 0) is 0 Å². The van der Waals surface area contributed by atoms with Crippen molar-refractivity contribution < 1.29 is 9.47 Å². The lowest BCUT2D eigenvalue weighted by Crippen LogP contribution is -2.29. The lowest BCUT2D eigenvalue weighted by molar-refractivity contribution is 0.219. The predicted octanol–water partition coefficient (Wildman–Crippen LogP) is 4.72. The fourth-order valence-corrected chi connectivity index (χ4v) is 3.51. The van der Waals surface area contributed by atoms with Crippen LogP contribution in [0.3, 0.4) is 0 Å². The molecule has 4 nitrogen and oxygen atoms in total. The van der Waals surface area contributed by atoms with Crippen molar-refractivity contribution in [2.24, 2.45) is 11.7 Å². The zero-order valence-electron chi connectivity index (χ0n) is 14.3. The number of halogens is 1. The van der Waals surface area contributed by atoms with Gasteiger partial charge in [0.15, 0.2) is 0 Å². The minimum Gasteiger partial charge on any atom is -0.491 e. The quantitative estimate of drug-likeness (QED) is 0.802. The van der Waals surface area contributed by atoms with Crippen molar-refractivity contribution in [1.29, 1.82) is 0 Å². The molecule has 0 amide bonds. The number of aromatic nitrogens is 1. The van der Waals surface area contributed by atoms with E-state index < -0.39 is 0 Å². The Morgan fingerprint density at radius 3 is 2.88 bits per heavy atom. The van der Waals surface area contributed by atoms with Gasteiger partial charge in [-0.05, 0) is 52.9 Å². The van der Waals surface area contributed by atoms with Crippen LogP contribution in [0.2, 0.25) is 0 Å². The molecule has 128 valence electrons. The van der Waals surface area contributed by atoms with Crippen LogP contribution >= 0.6 is 15.9 Å². The summed E-state index contributed by atoms with van der Waals surface area (Å²) < 4.78 is 12.9. The molecule has 0 saturated carbocycles. The average molecular weight is 391 g/mol. The summed E-state index contributed by atoms with van der Waals surface area (Å²) in [6.07, 6.45) is 4.59. The molecule has 24 heavy (non-hydrogen) atoms. The first-order valence-corrected chi connectivity index (χ1v) is 9.08. The first-order valence-electron chi connectivity index (χ1n) is 8.28. The number of pyridine rings is 1. The molecular formula is C19H23BrN2O2. The van der Waals surface area contributed by atoms with Gasteiger partial charge in [-0.1, -0.05) is 13.8 Å². The van der Waals surface area contributed by atoms with Crippen LogP contribution in [0.1, 0.15) is 38.9 Å². The molecular weight excluding hydrogens is 368 g/mol. The van der Waals surface area contributed by atoms with Crippen molar-refractivity contribution in [3.8, 4) is 22.6 Å². The Kier molecular flexibility index (Phi) is 5.11. The molecule has 2 atom stereocenters. The predicted molar refractivity (Wildman–Crippen MR) is 99.3 cm³/mol. The van der Waals surface area contributed by atoms with Crippen LogP contribution in [0, 0.1) is 5.92 Å². The van der Waals surface area contributed by atoms with Crippen molar-refractivity contribution in [1.82, 2.24) is 4.98 Å². The Morgan fingerprint density at radius 1 is 1.33 bits per heavy atom. The van der Waals surface area contributed by atoms with Gasteiger partial charge in [-0.3, -0.25) is 4.98 Å². The van der Waals surface area contributed by atoms with Gasteiger partial charge in [-0.25, -0.2) is 0 Å². The number of nitrogens with zero attached hydrogens (tertiary/aromatic N) is 1. The van der Waals surface area contributed by atoms with Crippen molar-refractivity contribution in [2.75, 3.05) is 6.61 Å². The average Bonchev–Trinajstić information content (AvgIpc) is 2.53. The SMILES string of the molecule is CC(C)C[C@H](N)COc1cc2c(cc1Br)-c1ccncc1C(C)O2. The van der Waals surface area contributed by atoms with E-state index in [1.807, 2.05) is 37.5 Å². The van der Waals surface area contributed by atoms with E-state index in [4.69, 9.17) is 15.2 Å². The normalized spacial score (nSPS) is 17.0. The summed E-state index contributed by atoms with van der Waals surface area (Å²) in [7, 11) is 0. The standard InChI is InChI=1S/C19H23BrN2O2/c1-11(2)6-13(21)10-23-19-8-18-15(7-17(19)20)14-4-5-22-9-16(14)12(3)24-18/h4-5,7-9,11-13H,6,10,21H2,1-3H3/t12?,13-/m0/s1. The molecule has 0 spiro atoms. The summed E-state index contributed by atoms with van der Waals surface area (Å²) in [6.45, 7) is 6.85. The van der Waals surface area contributed by atoms with Gasteiger partial charge in [0.2, 0.25) is 0 Å². The number of benzene rings is 1. The summed E-state index contributed by atoms with van der Waals surface area (Å²) >= 11 is 3.61. The molecule has 0 bridgehead atoms. The van der Waals surface area contributed by atoms with Crippen molar-refractivity contribution in [3.05, 3.63) is 40.6 Å². The molecule has 1 aromatic carbocycles. The maximum atomic E-state index is 6.12. The Bertz CT molecular complexity index is 733. The minimum atomic E-state index is -0.0292. The van der Waals surface area contributed by atoms with Crippen LogP contribution < -0.4 is 15.2 Å². The first-order chi connectivity index (χ1) is 11.5. The lowest BCUT2D eigenvalue weighted by atomic mass is 9.95.